The number of carbonyl (C=O) groups is 3. The van der Waals surface area contributed by atoms with E-state index in [1.54, 1.807) is 16.7 Å². The maximum atomic E-state index is 15.3. The van der Waals surface area contributed by atoms with E-state index >= 15 is 8.78 Å². The third-order valence-electron chi connectivity index (χ3n) is 6.00. The molecule has 3 aromatic rings. The Labute approximate surface area is 210 Å². The average Bonchev–Trinajstić information content (AvgIpc) is 3.18. The zero-order chi connectivity index (χ0) is 26.7. The van der Waals surface area contributed by atoms with Crippen LogP contribution in [0.5, 0.6) is 0 Å². The summed E-state index contributed by atoms with van der Waals surface area (Å²) in [5.41, 5.74) is 1.43. The van der Waals surface area contributed by atoms with Crippen LogP contribution in [0.15, 0.2) is 30.5 Å². The topological polar surface area (TPSA) is 122 Å². The maximum Gasteiger partial charge on any atom is 0.409 e. The van der Waals surface area contributed by atoms with Gasteiger partial charge in [0, 0.05) is 31.3 Å². The molecule has 2 aromatic heterocycles. The van der Waals surface area contributed by atoms with Gasteiger partial charge in [0.25, 0.3) is 0 Å². The molecule has 1 aliphatic rings. The molecular formula is C25H26F2N4O6. The Bertz CT molecular complexity index is 1340. The van der Waals surface area contributed by atoms with Crippen LogP contribution in [-0.2, 0) is 25.5 Å². The van der Waals surface area contributed by atoms with Gasteiger partial charge in [-0.3, -0.25) is 9.59 Å². The fraction of sp³-hybridized carbons (Fsp3) is 0.360. The zero-order valence-corrected chi connectivity index (χ0v) is 20.3. The van der Waals surface area contributed by atoms with Gasteiger partial charge in [-0.25, -0.2) is 18.6 Å². The van der Waals surface area contributed by atoms with E-state index in [0.29, 0.717) is 17.9 Å². The van der Waals surface area contributed by atoms with Crippen LogP contribution < -0.4 is 5.32 Å². The van der Waals surface area contributed by atoms with E-state index in [0.717, 1.165) is 17.7 Å². The number of aliphatic carboxylic acids is 1. The lowest BCUT2D eigenvalue weighted by Crippen LogP contribution is -2.46. The van der Waals surface area contributed by atoms with Crippen molar-refractivity contribution in [1.29, 1.82) is 0 Å². The molecule has 0 bridgehead atoms. The molecule has 1 saturated heterocycles. The average molecular weight is 517 g/mol. The van der Waals surface area contributed by atoms with Gasteiger partial charge in [-0.15, -0.1) is 0 Å². The molecule has 12 heteroatoms. The molecule has 1 atom stereocenters. The van der Waals surface area contributed by atoms with Crippen LogP contribution in [0.3, 0.4) is 0 Å². The molecular weight excluding hydrogens is 490 g/mol. The van der Waals surface area contributed by atoms with Crippen LogP contribution in [0.1, 0.15) is 24.1 Å². The van der Waals surface area contributed by atoms with E-state index in [1.165, 1.54) is 12.0 Å². The number of amides is 2. The number of carboxylic acid groups (broad SMARTS) is 1. The number of aryl methyl sites for hydroxylation is 1. The first-order chi connectivity index (χ1) is 17.7. The number of pyridine rings is 1. The van der Waals surface area contributed by atoms with Crippen molar-refractivity contribution >= 4 is 29.3 Å². The number of carbonyl (C=O) groups excluding carboxylic acids is 2. The lowest BCUT2D eigenvalue weighted by molar-refractivity contribution is -0.138. The number of aromatic nitrogens is 2. The number of nitrogens with one attached hydrogen (secondary N) is 1. The van der Waals surface area contributed by atoms with E-state index in [1.807, 2.05) is 13.0 Å². The molecule has 0 aliphatic carbocycles. The van der Waals surface area contributed by atoms with Gasteiger partial charge in [-0.1, -0.05) is 0 Å². The summed E-state index contributed by atoms with van der Waals surface area (Å²) in [7, 11) is 1.29. The van der Waals surface area contributed by atoms with Crippen molar-refractivity contribution in [3.05, 3.63) is 53.4 Å². The number of hydrogen-bond acceptors (Lipinski definition) is 6. The van der Waals surface area contributed by atoms with Gasteiger partial charge in [-0.05, 0) is 36.8 Å². The van der Waals surface area contributed by atoms with Gasteiger partial charge in [0.2, 0.25) is 5.91 Å². The van der Waals surface area contributed by atoms with Crippen molar-refractivity contribution in [2.24, 2.45) is 0 Å². The van der Waals surface area contributed by atoms with Crippen LogP contribution in [0.2, 0.25) is 0 Å². The highest BCUT2D eigenvalue weighted by Crippen LogP contribution is 2.33. The molecule has 3 heterocycles. The van der Waals surface area contributed by atoms with Gasteiger partial charge in [0.05, 0.1) is 49.7 Å². The number of nitrogens with zero attached hydrogens (tertiary/aromatic N) is 3. The summed E-state index contributed by atoms with van der Waals surface area (Å²) in [6, 6.07) is 5.55. The summed E-state index contributed by atoms with van der Waals surface area (Å²) in [5.74, 6) is -3.73. The number of ether oxygens (including phenoxy) is 2. The van der Waals surface area contributed by atoms with E-state index in [2.05, 4.69) is 10.3 Å². The van der Waals surface area contributed by atoms with E-state index in [-0.39, 0.29) is 42.9 Å². The predicted octanol–water partition coefficient (Wildman–Crippen LogP) is 3.40. The Hall–Kier alpha value is -4.06. The Balaban J connectivity index is 1.69. The van der Waals surface area contributed by atoms with Crippen LogP contribution in [-0.4, -0.2) is 70.3 Å². The predicted molar refractivity (Wildman–Crippen MR) is 128 cm³/mol. The van der Waals surface area contributed by atoms with Crippen LogP contribution >= 0.6 is 0 Å². The molecule has 2 amide bonds. The lowest BCUT2D eigenvalue weighted by atomic mass is 10.0. The standard InChI is InChI=1S/C25H26F2N4O6/c1-14-5-6-31-19(12-16-13-30(7-8-37-16)25(35)36-2)24(29-20(31)9-14)23-17(26)10-15(11-18(23)27)28-21(32)3-4-22(33)34/h5-6,9-11,16H,3-4,7-8,12-13H2,1-2H3,(H,28,32)(H,33,34)/t16-/m0/s1. The van der Waals surface area contributed by atoms with E-state index < -0.39 is 42.1 Å². The van der Waals surface area contributed by atoms with Gasteiger partial charge < -0.3 is 29.2 Å². The number of carboxylic acids is 1. The monoisotopic (exact) mass is 516 g/mol. The molecule has 0 radical (unpaired) electrons. The quantitative estimate of drug-likeness (QED) is 0.494. The SMILES string of the molecule is COC(=O)N1CCO[C@@H](Cc2c(-c3c(F)cc(NC(=O)CCC(=O)O)cc3F)nc3cc(C)ccn23)C1. The fourth-order valence-electron chi connectivity index (χ4n) is 4.26. The van der Waals surface area contributed by atoms with Crippen LogP contribution in [0.25, 0.3) is 16.9 Å². The molecule has 0 spiro atoms. The number of halogens is 2. The van der Waals surface area contributed by atoms with Crippen molar-refractivity contribution in [1.82, 2.24) is 14.3 Å². The number of imidazole rings is 1. The van der Waals surface area contributed by atoms with Crippen LogP contribution in [0.4, 0.5) is 19.3 Å². The molecule has 10 nitrogen and oxygen atoms in total. The molecule has 0 saturated carbocycles. The second kappa shape index (κ2) is 10.9. The number of fused-ring (bicyclic) bond motifs is 1. The van der Waals surface area contributed by atoms with Crippen molar-refractivity contribution in [3.8, 4) is 11.3 Å². The highest BCUT2D eigenvalue weighted by Gasteiger charge is 2.29. The maximum absolute atomic E-state index is 15.3. The van der Waals surface area contributed by atoms with Gasteiger partial charge in [-0.2, -0.15) is 0 Å². The summed E-state index contributed by atoms with van der Waals surface area (Å²) in [6.07, 6.45) is 0.270. The second-order valence-corrected chi connectivity index (χ2v) is 8.71. The minimum absolute atomic E-state index is 0.0724. The highest BCUT2D eigenvalue weighted by atomic mass is 19.1. The first kappa shape index (κ1) is 26.0. The number of hydrogen-bond donors (Lipinski definition) is 2. The van der Waals surface area contributed by atoms with Crippen LogP contribution in [0, 0.1) is 18.6 Å². The zero-order valence-electron chi connectivity index (χ0n) is 20.3. The molecule has 1 aromatic carbocycles. The molecule has 1 aliphatic heterocycles. The normalized spacial score (nSPS) is 15.6. The van der Waals surface area contributed by atoms with E-state index in [4.69, 9.17) is 14.6 Å². The number of morpholine rings is 1. The Kier molecular flexibility index (Phi) is 7.67. The number of benzene rings is 1. The summed E-state index contributed by atoms with van der Waals surface area (Å²) < 4.78 is 43.0. The Morgan fingerprint density at radius 1 is 1.22 bits per heavy atom. The fourth-order valence-corrected chi connectivity index (χ4v) is 4.26. The number of methoxy groups -OCH3 is 1. The van der Waals surface area contributed by atoms with E-state index in [9.17, 15) is 14.4 Å². The highest BCUT2D eigenvalue weighted by molar-refractivity contribution is 5.92. The third-order valence-corrected chi connectivity index (χ3v) is 6.00. The van der Waals surface area contributed by atoms with Crippen molar-refractivity contribution in [2.75, 3.05) is 32.1 Å². The number of anilines is 1. The number of rotatable bonds is 7. The van der Waals surface area contributed by atoms with Gasteiger partial charge >= 0.3 is 12.1 Å². The van der Waals surface area contributed by atoms with Crippen molar-refractivity contribution in [2.45, 2.75) is 32.3 Å². The Morgan fingerprint density at radius 2 is 1.95 bits per heavy atom. The largest absolute Gasteiger partial charge is 0.481 e. The molecule has 2 N–H and O–H groups in total. The first-order valence-electron chi connectivity index (χ1n) is 11.6. The van der Waals surface area contributed by atoms with Crippen molar-refractivity contribution < 1.29 is 37.7 Å². The molecule has 0 unspecified atom stereocenters. The van der Waals surface area contributed by atoms with Gasteiger partial charge in [0.1, 0.15) is 17.3 Å². The summed E-state index contributed by atoms with van der Waals surface area (Å²) in [6.45, 7) is 2.75. The minimum atomic E-state index is -1.16. The molecule has 1 fully saturated rings. The minimum Gasteiger partial charge on any atom is -0.481 e. The second-order valence-electron chi connectivity index (χ2n) is 8.71. The smallest absolute Gasteiger partial charge is 0.409 e. The lowest BCUT2D eigenvalue weighted by Gasteiger charge is -2.32. The van der Waals surface area contributed by atoms with Gasteiger partial charge in [0.15, 0.2) is 0 Å². The Morgan fingerprint density at radius 3 is 2.62 bits per heavy atom. The first-order valence-corrected chi connectivity index (χ1v) is 11.6. The molecule has 4 rings (SSSR count). The summed E-state index contributed by atoms with van der Waals surface area (Å²) in [5, 5.41) is 11.0. The summed E-state index contributed by atoms with van der Waals surface area (Å²) in [4.78, 5) is 40.6. The molecule has 196 valence electrons. The summed E-state index contributed by atoms with van der Waals surface area (Å²) >= 11 is 0. The third kappa shape index (κ3) is 5.85. The molecule has 37 heavy (non-hydrogen) atoms. The van der Waals surface area contributed by atoms with Crippen molar-refractivity contribution in [3.63, 3.8) is 0 Å².